The van der Waals surface area contributed by atoms with Gasteiger partial charge in [-0.2, -0.15) is 0 Å². The monoisotopic (exact) mass is 814 g/mol. The van der Waals surface area contributed by atoms with Gasteiger partial charge in [-0.05, 0) is 136 Å². The molecule has 1 N–H and O–H groups in total. The molecule has 6 nitrogen and oxygen atoms in total. The third-order valence-electron chi connectivity index (χ3n) is 10.6. The predicted molar refractivity (Wildman–Crippen MR) is 242 cm³/mol. The van der Waals surface area contributed by atoms with Gasteiger partial charge in [-0.25, -0.2) is 0 Å². The van der Waals surface area contributed by atoms with Gasteiger partial charge >= 0.3 is 5.97 Å². The van der Waals surface area contributed by atoms with Gasteiger partial charge in [0.2, 0.25) is 5.12 Å². The number of ketones is 1. The molecule has 0 radical (unpaired) electrons. The van der Waals surface area contributed by atoms with Crippen molar-refractivity contribution in [2.45, 2.75) is 83.5 Å². The second-order valence-corrected chi connectivity index (χ2v) is 18.6. The lowest BCUT2D eigenvalue weighted by Gasteiger charge is -2.29. The number of rotatable bonds is 12. The summed E-state index contributed by atoms with van der Waals surface area (Å²) < 4.78 is 9.30. The molecule has 0 amide bonds. The number of aliphatic hydroxyl groups excluding tert-OH is 1. The highest BCUT2D eigenvalue weighted by molar-refractivity contribution is 8.16. The zero-order chi connectivity index (χ0) is 42.4. The highest BCUT2D eigenvalue weighted by Crippen LogP contribution is 2.48. The number of carbonyl (C=O) groups excluding carboxylic acids is 3. The number of aryl methyl sites for hydroxylation is 2. The Hall–Kier alpha value is -5.05. The Labute approximate surface area is 352 Å². The molecular weight excluding hydrogens is 761 g/mol. The number of Topliss-reactive ketones (excluding diaryl/α,β-unsaturated/α-hetero) is 1. The van der Waals surface area contributed by atoms with Gasteiger partial charge in [0.05, 0.1) is 28.8 Å². The maximum atomic E-state index is 14.0. The molecule has 0 bridgehead atoms. The lowest BCUT2D eigenvalue weighted by molar-refractivity contribution is -0.148. The molecule has 0 saturated heterocycles. The summed E-state index contributed by atoms with van der Waals surface area (Å²) >= 11 is 2.72. The van der Waals surface area contributed by atoms with E-state index in [1.54, 1.807) is 14.0 Å². The van der Waals surface area contributed by atoms with Crippen LogP contribution in [0, 0.1) is 27.7 Å². The summed E-state index contributed by atoms with van der Waals surface area (Å²) in [6.07, 6.45) is 0. The second kappa shape index (κ2) is 18.7. The van der Waals surface area contributed by atoms with Crippen LogP contribution in [0.3, 0.4) is 0 Å². The second-order valence-electron chi connectivity index (χ2n) is 15.5. The van der Waals surface area contributed by atoms with E-state index in [4.69, 9.17) is 9.47 Å². The van der Waals surface area contributed by atoms with Crippen LogP contribution in [0.1, 0.15) is 79.5 Å². The third kappa shape index (κ3) is 9.62. The van der Waals surface area contributed by atoms with Crippen LogP contribution in [0.25, 0.3) is 27.8 Å². The average molecular weight is 815 g/mol. The molecule has 58 heavy (non-hydrogen) atoms. The van der Waals surface area contributed by atoms with Crippen molar-refractivity contribution in [3.63, 3.8) is 0 Å². The van der Waals surface area contributed by atoms with E-state index in [0.717, 1.165) is 66.9 Å². The van der Waals surface area contributed by atoms with Crippen molar-refractivity contribution < 1.29 is 29.0 Å². The van der Waals surface area contributed by atoms with Crippen molar-refractivity contribution in [1.29, 1.82) is 0 Å². The van der Waals surface area contributed by atoms with E-state index in [-0.39, 0.29) is 23.3 Å². The molecular formula is C50H54O6S2. The molecule has 0 aliphatic carbocycles. The van der Waals surface area contributed by atoms with Crippen LogP contribution in [0.4, 0.5) is 0 Å². The van der Waals surface area contributed by atoms with E-state index in [2.05, 4.69) is 24.3 Å². The third-order valence-corrected chi connectivity index (χ3v) is 13.1. The van der Waals surface area contributed by atoms with Crippen molar-refractivity contribution in [3.8, 4) is 28.0 Å². The predicted octanol–water partition coefficient (Wildman–Crippen LogP) is 12.2. The van der Waals surface area contributed by atoms with Crippen LogP contribution in [-0.2, 0) is 24.9 Å². The van der Waals surface area contributed by atoms with Gasteiger partial charge in [-0.1, -0.05) is 109 Å². The molecule has 5 aromatic rings. The molecule has 8 heteroatoms. The summed E-state index contributed by atoms with van der Waals surface area (Å²) in [5.74, 6) is -0.0140. The first-order valence-electron chi connectivity index (χ1n) is 19.5. The fraction of sp³-hybridized carbons (Fsp3) is 0.300. The number of benzene rings is 5. The van der Waals surface area contributed by atoms with Gasteiger partial charge in [0.1, 0.15) is 17.4 Å². The number of esters is 1. The fourth-order valence-electron chi connectivity index (χ4n) is 7.34. The summed E-state index contributed by atoms with van der Waals surface area (Å²) in [5, 5.41) is 10.5. The lowest BCUT2D eigenvalue weighted by Crippen LogP contribution is -2.38. The largest absolute Gasteiger partial charge is 0.510 e. The Morgan fingerprint density at radius 2 is 1.31 bits per heavy atom. The van der Waals surface area contributed by atoms with Crippen molar-refractivity contribution >= 4 is 46.0 Å². The maximum Gasteiger partial charge on any atom is 0.321 e. The van der Waals surface area contributed by atoms with Crippen LogP contribution in [0.5, 0.6) is 5.75 Å². The normalized spacial score (nSPS) is 14.1. The summed E-state index contributed by atoms with van der Waals surface area (Å²) in [4.78, 5) is 39.8. The molecule has 0 saturated carbocycles. The van der Waals surface area contributed by atoms with Gasteiger partial charge in [-0.3, -0.25) is 14.4 Å². The van der Waals surface area contributed by atoms with Crippen molar-refractivity contribution in [2.24, 2.45) is 0 Å². The Morgan fingerprint density at radius 1 is 0.776 bits per heavy atom. The number of ether oxygens (including phenoxy) is 2. The molecule has 1 heterocycles. The molecule has 302 valence electrons. The fourth-order valence-corrected chi connectivity index (χ4v) is 9.28. The van der Waals surface area contributed by atoms with E-state index in [1.807, 2.05) is 140 Å². The first-order chi connectivity index (χ1) is 27.5. The number of hydrogen-bond donors (Lipinski definition) is 1. The van der Waals surface area contributed by atoms with Crippen LogP contribution in [0.2, 0.25) is 0 Å². The molecule has 0 fully saturated rings. The van der Waals surface area contributed by atoms with Gasteiger partial charge in [0.15, 0.2) is 5.78 Å². The molecule has 0 aromatic heterocycles. The van der Waals surface area contributed by atoms with Gasteiger partial charge in [-0.15, -0.1) is 11.8 Å². The minimum Gasteiger partial charge on any atom is -0.510 e. The molecule has 0 spiro atoms. The molecule has 1 aliphatic heterocycles. The van der Waals surface area contributed by atoms with E-state index >= 15 is 0 Å². The van der Waals surface area contributed by atoms with Crippen LogP contribution >= 0.6 is 23.5 Å². The van der Waals surface area contributed by atoms with Crippen molar-refractivity contribution in [3.05, 3.63) is 154 Å². The maximum absolute atomic E-state index is 14.0. The van der Waals surface area contributed by atoms with E-state index in [9.17, 15) is 19.5 Å². The highest BCUT2D eigenvalue weighted by atomic mass is 32.2. The van der Waals surface area contributed by atoms with Gasteiger partial charge in [0.25, 0.3) is 0 Å². The minimum absolute atomic E-state index is 0.0519. The first-order valence-corrected chi connectivity index (χ1v) is 21.3. The number of hydrogen-bond acceptors (Lipinski definition) is 8. The summed E-state index contributed by atoms with van der Waals surface area (Å²) in [7, 11) is 1.64. The summed E-state index contributed by atoms with van der Waals surface area (Å²) in [6, 6.07) is 36.1. The Morgan fingerprint density at radius 3 is 1.81 bits per heavy atom. The number of thioether (sulfide) groups is 2. The summed E-state index contributed by atoms with van der Waals surface area (Å²) in [6.45, 7) is 17.5. The van der Waals surface area contributed by atoms with Crippen LogP contribution < -0.4 is 4.74 Å². The van der Waals surface area contributed by atoms with E-state index < -0.39 is 21.4 Å². The number of methoxy groups -OCH3 is 1. The molecule has 1 aliphatic rings. The number of carbonyl (C=O) groups is 3. The quantitative estimate of drug-likeness (QED) is 0.0984. The Kier molecular flexibility index (Phi) is 14.2. The van der Waals surface area contributed by atoms with Crippen LogP contribution in [0.15, 0.2) is 115 Å². The van der Waals surface area contributed by atoms with Crippen molar-refractivity contribution in [2.75, 3.05) is 13.7 Å². The summed E-state index contributed by atoms with van der Waals surface area (Å²) in [5.41, 5.74) is 11.3. The van der Waals surface area contributed by atoms with Gasteiger partial charge < -0.3 is 14.6 Å². The zero-order valence-corrected chi connectivity index (χ0v) is 36.8. The number of aliphatic hydroxyl groups is 1. The molecule has 5 aromatic carbocycles. The van der Waals surface area contributed by atoms with Crippen molar-refractivity contribution in [1.82, 2.24) is 0 Å². The Balaban J connectivity index is 0.000000240. The van der Waals surface area contributed by atoms with Crippen LogP contribution in [-0.4, -0.2) is 45.2 Å². The first kappa shape index (κ1) is 44.1. The smallest absolute Gasteiger partial charge is 0.321 e. The van der Waals surface area contributed by atoms with E-state index in [1.165, 1.54) is 23.5 Å². The Bertz CT molecular complexity index is 2310. The average Bonchev–Trinajstić information content (AvgIpc) is 3.41. The minimum atomic E-state index is -0.989. The topological polar surface area (TPSA) is 89.9 Å². The zero-order valence-electron chi connectivity index (χ0n) is 35.2. The standard InChI is InChI=1S/C30H34O4S.C20H20O2S/c1-7-34-29(32)27(26-20(2)13-18-25(21(26)3)23-11-9-8-10-12-23)28(31)30(4,5)35-19-22-14-16-24(33-6)17-15-22;1-12-10-11-15(14-8-6-5-7-9-14)13(2)16(12)17-18(21)20(3,4)23-19(17)22/h8-18,27H,7,19H2,1-6H3;5-11,21H,1-4H3. The van der Waals surface area contributed by atoms with E-state index in [0.29, 0.717) is 11.3 Å². The molecule has 1 unspecified atom stereocenters. The lowest BCUT2D eigenvalue weighted by atomic mass is 9.81. The SMILES string of the molecule is CCOC(=O)C(C(=O)C(C)(C)SCc1ccc(OC)cc1)c1c(C)ccc(-c2ccccc2)c1C.Cc1ccc(-c2ccccc2)c(C)c1C1=C(O)C(C)(C)SC1=O. The highest BCUT2D eigenvalue weighted by Gasteiger charge is 2.43. The van der Waals surface area contributed by atoms with Gasteiger partial charge in [0, 0.05) is 5.75 Å². The molecule has 1 atom stereocenters. The molecule has 6 rings (SSSR count).